The largest absolute Gasteiger partial charge is 0.471 e. The molecule has 0 saturated carbocycles. The molecule has 6 nitrogen and oxygen atoms in total. The lowest BCUT2D eigenvalue weighted by atomic mass is 10.1. The van der Waals surface area contributed by atoms with Crippen LogP contribution in [-0.4, -0.2) is 51.1 Å². The first-order valence-corrected chi connectivity index (χ1v) is 8.66. The molecule has 1 fully saturated rings. The zero-order valence-corrected chi connectivity index (χ0v) is 13.4. The van der Waals surface area contributed by atoms with Crippen molar-refractivity contribution in [1.29, 1.82) is 0 Å². The summed E-state index contributed by atoms with van der Waals surface area (Å²) in [4.78, 5) is 23.7. The van der Waals surface area contributed by atoms with Gasteiger partial charge in [0.05, 0.1) is 30.2 Å². The number of halogens is 3. The first kappa shape index (κ1) is 18.2. The molecule has 1 saturated heterocycles. The molecule has 1 heterocycles. The Morgan fingerprint density at radius 3 is 2.46 bits per heavy atom. The molecule has 0 aliphatic carbocycles. The quantitative estimate of drug-likeness (QED) is 0.760. The summed E-state index contributed by atoms with van der Waals surface area (Å²) in [5.74, 6) is -3.81. The number of benzene rings is 1. The molecule has 1 amide bonds. The Morgan fingerprint density at radius 2 is 1.96 bits per heavy atom. The Balaban J connectivity index is 2.47. The number of rotatable bonds is 3. The molecule has 1 aromatic carbocycles. The Labute approximate surface area is 136 Å². The summed E-state index contributed by atoms with van der Waals surface area (Å²) in [5.41, 5.74) is -0.252. The summed E-state index contributed by atoms with van der Waals surface area (Å²) >= 11 is 0. The van der Waals surface area contributed by atoms with Gasteiger partial charge < -0.3 is 9.64 Å². The molecule has 2 rings (SSSR count). The van der Waals surface area contributed by atoms with Gasteiger partial charge in [0.2, 0.25) is 0 Å². The Morgan fingerprint density at radius 1 is 1.29 bits per heavy atom. The normalized spacial score (nSPS) is 19.8. The fourth-order valence-electron chi connectivity index (χ4n) is 2.51. The highest BCUT2D eigenvalue weighted by atomic mass is 32.2. The van der Waals surface area contributed by atoms with Crippen LogP contribution >= 0.6 is 0 Å². The summed E-state index contributed by atoms with van der Waals surface area (Å²) < 4.78 is 66.4. The first-order chi connectivity index (χ1) is 11.0. The second-order valence-corrected chi connectivity index (χ2v) is 7.50. The number of carbonyl (C=O) groups is 2. The highest BCUT2D eigenvalue weighted by Gasteiger charge is 2.47. The number of methoxy groups -OCH3 is 1. The van der Waals surface area contributed by atoms with E-state index >= 15 is 0 Å². The van der Waals surface area contributed by atoms with Gasteiger partial charge in [0.15, 0.2) is 9.84 Å². The zero-order valence-electron chi connectivity index (χ0n) is 12.5. The minimum atomic E-state index is -5.17. The van der Waals surface area contributed by atoms with E-state index in [1.54, 1.807) is 0 Å². The molecular formula is C14H14F3NO5S. The van der Waals surface area contributed by atoms with Gasteiger partial charge in [-0.3, -0.25) is 4.79 Å². The van der Waals surface area contributed by atoms with Crippen LogP contribution in [0.1, 0.15) is 16.8 Å². The van der Waals surface area contributed by atoms with Gasteiger partial charge in [-0.1, -0.05) is 6.07 Å². The highest BCUT2D eigenvalue weighted by Crippen LogP contribution is 2.30. The second-order valence-electron chi connectivity index (χ2n) is 5.27. The molecule has 0 radical (unpaired) electrons. The lowest BCUT2D eigenvalue weighted by Gasteiger charge is -2.29. The van der Waals surface area contributed by atoms with Crippen LogP contribution in [0.15, 0.2) is 24.3 Å². The first-order valence-electron chi connectivity index (χ1n) is 6.84. The molecule has 24 heavy (non-hydrogen) atoms. The molecular weight excluding hydrogens is 351 g/mol. The number of hydrogen-bond acceptors (Lipinski definition) is 5. The topological polar surface area (TPSA) is 80.8 Å². The molecule has 1 unspecified atom stereocenters. The third kappa shape index (κ3) is 3.86. The van der Waals surface area contributed by atoms with Crippen molar-refractivity contribution in [3.05, 3.63) is 29.8 Å². The minimum Gasteiger partial charge on any atom is -0.465 e. The monoisotopic (exact) mass is 365 g/mol. The van der Waals surface area contributed by atoms with E-state index in [-0.39, 0.29) is 23.4 Å². The fourth-order valence-corrected chi connectivity index (χ4v) is 4.21. The van der Waals surface area contributed by atoms with E-state index < -0.39 is 39.7 Å². The number of sulfone groups is 1. The van der Waals surface area contributed by atoms with E-state index in [9.17, 15) is 31.2 Å². The van der Waals surface area contributed by atoms with Crippen LogP contribution < -0.4 is 4.90 Å². The fraction of sp³-hybridized carbons (Fsp3) is 0.429. The summed E-state index contributed by atoms with van der Waals surface area (Å²) in [6.07, 6.45) is -5.28. The molecule has 0 aromatic heterocycles. The Bertz CT molecular complexity index is 760. The number of anilines is 1. The third-order valence-electron chi connectivity index (χ3n) is 3.58. The van der Waals surface area contributed by atoms with Crippen LogP contribution in [0.5, 0.6) is 0 Å². The Kier molecular flexibility index (Phi) is 4.88. The minimum absolute atomic E-state index is 0.0455. The van der Waals surface area contributed by atoms with Crippen molar-refractivity contribution in [2.75, 3.05) is 23.5 Å². The van der Waals surface area contributed by atoms with E-state index in [1.807, 2.05) is 0 Å². The van der Waals surface area contributed by atoms with E-state index in [4.69, 9.17) is 0 Å². The lowest BCUT2D eigenvalue weighted by Crippen LogP contribution is -2.48. The molecule has 1 aromatic rings. The molecule has 0 bridgehead atoms. The zero-order chi connectivity index (χ0) is 18.1. The van der Waals surface area contributed by atoms with Gasteiger partial charge in [-0.25, -0.2) is 13.2 Å². The Hall–Kier alpha value is -2.10. The molecule has 0 spiro atoms. The lowest BCUT2D eigenvalue weighted by molar-refractivity contribution is -0.170. The van der Waals surface area contributed by atoms with Crippen molar-refractivity contribution in [3.63, 3.8) is 0 Å². The SMILES string of the molecule is COC(=O)c1cccc(N(C(=O)C(F)(F)F)C2CCS(=O)(=O)C2)c1. The summed E-state index contributed by atoms with van der Waals surface area (Å²) in [6.45, 7) is 0. The molecule has 1 atom stereocenters. The van der Waals surface area contributed by atoms with Crippen LogP contribution in [0, 0.1) is 0 Å². The number of hydrogen-bond donors (Lipinski definition) is 0. The van der Waals surface area contributed by atoms with Crippen molar-refractivity contribution < 1.29 is 35.9 Å². The maximum atomic E-state index is 12.9. The standard InChI is InChI=1S/C14H14F3NO5S/c1-23-12(19)9-3-2-4-10(7-9)18(13(20)14(15,16)17)11-5-6-24(21,22)8-11/h2-4,7,11H,5-6,8H2,1H3. The van der Waals surface area contributed by atoms with Crippen molar-refractivity contribution in [2.24, 2.45) is 0 Å². The third-order valence-corrected chi connectivity index (χ3v) is 5.33. The number of nitrogens with zero attached hydrogens (tertiary/aromatic N) is 1. The van der Waals surface area contributed by atoms with E-state index in [0.29, 0.717) is 4.90 Å². The highest BCUT2D eigenvalue weighted by molar-refractivity contribution is 7.91. The van der Waals surface area contributed by atoms with E-state index in [2.05, 4.69) is 4.74 Å². The van der Waals surface area contributed by atoms with Crippen LogP contribution in [0.4, 0.5) is 18.9 Å². The number of esters is 1. The average molecular weight is 365 g/mol. The van der Waals surface area contributed by atoms with Crippen molar-refractivity contribution >= 4 is 27.4 Å². The summed E-state index contributed by atoms with van der Waals surface area (Å²) in [6, 6.07) is 3.75. The van der Waals surface area contributed by atoms with Gasteiger partial charge in [-0.15, -0.1) is 0 Å². The van der Waals surface area contributed by atoms with Crippen LogP contribution in [-0.2, 0) is 19.4 Å². The van der Waals surface area contributed by atoms with Gasteiger partial charge in [0, 0.05) is 5.69 Å². The smallest absolute Gasteiger partial charge is 0.465 e. The predicted octanol–water partition coefficient (Wildman–Crippen LogP) is 1.56. The van der Waals surface area contributed by atoms with Gasteiger partial charge >= 0.3 is 18.1 Å². The number of alkyl halides is 3. The predicted molar refractivity (Wildman–Crippen MR) is 78.4 cm³/mol. The molecule has 132 valence electrons. The van der Waals surface area contributed by atoms with Crippen molar-refractivity contribution in [3.8, 4) is 0 Å². The van der Waals surface area contributed by atoms with Crippen LogP contribution in [0.3, 0.4) is 0 Å². The molecule has 0 N–H and O–H groups in total. The summed E-state index contributed by atoms with van der Waals surface area (Å²) in [7, 11) is -2.40. The van der Waals surface area contributed by atoms with Gasteiger partial charge in [-0.2, -0.15) is 13.2 Å². The molecule has 1 aliphatic heterocycles. The van der Waals surface area contributed by atoms with Gasteiger partial charge in [-0.05, 0) is 24.6 Å². The average Bonchev–Trinajstić information content (AvgIpc) is 2.85. The van der Waals surface area contributed by atoms with Crippen LogP contribution in [0.2, 0.25) is 0 Å². The second kappa shape index (κ2) is 6.42. The number of ether oxygens (including phenoxy) is 1. The van der Waals surface area contributed by atoms with Crippen molar-refractivity contribution in [1.82, 2.24) is 0 Å². The maximum Gasteiger partial charge on any atom is 0.471 e. The molecule has 10 heteroatoms. The van der Waals surface area contributed by atoms with E-state index in [1.165, 1.54) is 18.2 Å². The van der Waals surface area contributed by atoms with Crippen LogP contribution in [0.25, 0.3) is 0 Å². The summed E-state index contributed by atoms with van der Waals surface area (Å²) in [5, 5.41) is 0. The molecule has 1 aliphatic rings. The number of carbonyl (C=O) groups excluding carboxylic acids is 2. The van der Waals surface area contributed by atoms with Gasteiger partial charge in [0.25, 0.3) is 0 Å². The van der Waals surface area contributed by atoms with E-state index in [0.717, 1.165) is 13.2 Å². The van der Waals surface area contributed by atoms with Gasteiger partial charge in [0.1, 0.15) is 0 Å². The van der Waals surface area contributed by atoms with Crippen molar-refractivity contribution in [2.45, 2.75) is 18.6 Å². The number of amides is 1. The maximum absolute atomic E-state index is 12.9.